The summed E-state index contributed by atoms with van der Waals surface area (Å²) in [5, 5.41) is 2.83. The topological polar surface area (TPSA) is 68.0 Å². The third-order valence-electron chi connectivity index (χ3n) is 2.44. The highest BCUT2D eigenvalue weighted by molar-refractivity contribution is 9.10. The second kappa shape index (κ2) is 5.64. The summed E-state index contributed by atoms with van der Waals surface area (Å²) in [7, 11) is 0. The molecule has 0 spiro atoms. The number of aromatic nitrogens is 1. The van der Waals surface area contributed by atoms with Gasteiger partial charge in [-0.1, -0.05) is 0 Å². The number of carbonyl (C=O) groups excluding carboxylic acids is 1. The van der Waals surface area contributed by atoms with Crippen molar-refractivity contribution in [2.45, 2.75) is 6.54 Å². The van der Waals surface area contributed by atoms with E-state index in [-0.39, 0.29) is 5.91 Å². The molecule has 2 aromatic rings. The van der Waals surface area contributed by atoms with E-state index in [1.807, 2.05) is 12.1 Å². The Hall–Kier alpha value is -1.88. The minimum absolute atomic E-state index is 0.161. The molecule has 0 radical (unpaired) electrons. The van der Waals surface area contributed by atoms with Crippen molar-refractivity contribution in [3.05, 3.63) is 58.3 Å². The van der Waals surface area contributed by atoms with Crippen molar-refractivity contribution in [2.75, 3.05) is 5.73 Å². The molecule has 1 aromatic carbocycles. The lowest BCUT2D eigenvalue weighted by atomic mass is 10.2. The Kier molecular flexibility index (Phi) is 3.94. The number of benzene rings is 1. The Balaban J connectivity index is 2.06. The summed E-state index contributed by atoms with van der Waals surface area (Å²) in [5.41, 5.74) is 7.76. The summed E-state index contributed by atoms with van der Waals surface area (Å²) in [4.78, 5) is 15.9. The lowest BCUT2D eigenvalue weighted by Gasteiger charge is -2.07. The molecule has 2 rings (SSSR count). The minimum atomic E-state index is -0.161. The van der Waals surface area contributed by atoms with Gasteiger partial charge in [-0.3, -0.25) is 9.78 Å². The molecule has 0 atom stereocenters. The van der Waals surface area contributed by atoms with Crippen LogP contribution in [0.1, 0.15) is 15.9 Å². The lowest BCUT2D eigenvalue weighted by molar-refractivity contribution is 0.0950. The Bertz CT molecular complexity index is 557. The van der Waals surface area contributed by atoms with Gasteiger partial charge in [0.15, 0.2) is 0 Å². The summed E-state index contributed by atoms with van der Waals surface area (Å²) >= 11 is 3.33. The van der Waals surface area contributed by atoms with Gasteiger partial charge in [-0.15, -0.1) is 0 Å². The third kappa shape index (κ3) is 3.07. The van der Waals surface area contributed by atoms with Gasteiger partial charge in [-0.05, 0) is 51.8 Å². The summed E-state index contributed by atoms with van der Waals surface area (Å²) in [5.74, 6) is -0.161. The molecule has 1 heterocycles. The third-order valence-corrected chi connectivity index (χ3v) is 3.13. The number of hydrogen-bond donors (Lipinski definition) is 2. The number of nitrogen functional groups attached to an aromatic ring is 1. The van der Waals surface area contributed by atoms with E-state index in [0.717, 1.165) is 10.0 Å². The molecule has 1 aromatic heterocycles. The molecule has 0 aliphatic carbocycles. The van der Waals surface area contributed by atoms with Gasteiger partial charge in [0, 0.05) is 29.1 Å². The van der Waals surface area contributed by atoms with Crippen molar-refractivity contribution in [1.82, 2.24) is 10.3 Å². The van der Waals surface area contributed by atoms with Crippen molar-refractivity contribution < 1.29 is 4.79 Å². The van der Waals surface area contributed by atoms with Crippen molar-refractivity contribution in [3.8, 4) is 0 Å². The highest BCUT2D eigenvalue weighted by Crippen LogP contribution is 2.19. The Morgan fingerprint density at radius 3 is 2.72 bits per heavy atom. The van der Waals surface area contributed by atoms with E-state index in [9.17, 15) is 4.79 Å². The predicted molar refractivity (Wildman–Crippen MR) is 74.0 cm³/mol. The van der Waals surface area contributed by atoms with E-state index in [1.54, 1.807) is 30.6 Å². The van der Waals surface area contributed by atoms with Crippen LogP contribution in [0.2, 0.25) is 0 Å². The molecule has 4 nitrogen and oxygen atoms in total. The molecular formula is C13H12BrN3O. The Labute approximate surface area is 113 Å². The van der Waals surface area contributed by atoms with Crippen LogP contribution in [-0.4, -0.2) is 10.9 Å². The summed E-state index contributed by atoms with van der Waals surface area (Å²) in [6.07, 6.45) is 3.38. The van der Waals surface area contributed by atoms with Crippen molar-refractivity contribution in [1.29, 1.82) is 0 Å². The zero-order chi connectivity index (χ0) is 13.0. The highest BCUT2D eigenvalue weighted by atomic mass is 79.9. The van der Waals surface area contributed by atoms with Crippen LogP contribution in [0.3, 0.4) is 0 Å². The van der Waals surface area contributed by atoms with Gasteiger partial charge in [0.25, 0.3) is 5.91 Å². The number of hydrogen-bond acceptors (Lipinski definition) is 3. The zero-order valence-corrected chi connectivity index (χ0v) is 11.1. The number of amides is 1. The average molecular weight is 306 g/mol. The van der Waals surface area contributed by atoms with E-state index in [1.165, 1.54) is 0 Å². The van der Waals surface area contributed by atoms with Gasteiger partial charge in [0.05, 0.1) is 5.56 Å². The van der Waals surface area contributed by atoms with Gasteiger partial charge in [0.2, 0.25) is 0 Å². The van der Waals surface area contributed by atoms with Crippen LogP contribution >= 0.6 is 15.9 Å². The first-order chi connectivity index (χ1) is 8.66. The van der Waals surface area contributed by atoms with E-state index >= 15 is 0 Å². The normalized spacial score (nSPS) is 10.1. The SMILES string of the molecule is Nc1ccc(Br)c(C(=O)NCc2ccncc2)c1. The van der Waals surface area contributed by atoms with Crippen LogP contribution in [0.25, 0.3) is 0 Å². The summed E-state index contributed by atoms with van der Waals surface area (Å²) in [6.45, 7) is 0.461. The predicted octanol–water partition coefficient (Wildman–Crippen LogP) is 2.36. The van der Waals surface area contributed by atoms with Crippen LogP contribution in [0, 0.1) is 0 Å². The fourth-order valence-electron chi connectivity index (χ4n) is 1.50. The maximum atomic E-state index is 12.0. The van der Waals surface area contributed by atoms with Crippen molar-refractivity contribution in [2.24, 2.45) is 0 Å². The molecule has 0 saturated heterocycles. The molecule has 0 aliphatic rings. The molecule has 0 aliphatic heterocycles. The number of nitrogens with zero attached hydrogens (tertiary/aromatic N) is 1. The maximum absolute atomic E-state index is 12.0. The van der Waals surface area contributed by atoms with Crippen molar-refractivity contribution >= 4 is 27.5 Å². The average Bonchev–Trinajstić information content (AvgIpc) is 2.40. The van der Waals surface area contributed by atoms with Gasteiger partial charge >= 0.3 is 0 Å². The quantitative estimate of drug-likeness (QED) is 0.855. The first-order valence-electron chi connectivity index (χ1n) is 5.39. The molecule has 5 heteroatoms. The van der Waals surface area contributed by atoms with Gasteiger partial charge < -0.3 is 11.1 Å². The highest BCUT2D eigenvalue weighted by Gasteiger charge is 2.09. The van der Waals surface area contributed by atoms with E-state index in [4.69, 9.17) is 5.73 Å². The molecule has 1 amide bonds. The van der Waals surface area contributed by atoms with Crippen LogP contribution in [0.4, 0.5) is 5.69 Å². The van der Waals surface area contributed by atoms with Gasteiger partial charge in [-0.2, -0.15) is 0 Å². The number of anilines is 1. The van der Waals surface area contributed by atoms with Crippen LogP contribution in [-0.2, 0) is 6.54 Å². The first kappa shape index (κ1) is 12.6. The summed E-state index contributed by atoms with van der Waals surface area (Å²) in [6, 6.07) is 8.86. The zero-order valence-electron chi connectivity index (χ0n) is 9.56. The van der Waals surface area contributed by atoms with E-state index in [2.05, 4.69) is 26.2 Å². The molecule has 3 N–H and O–H groups in total. The van der Waals surface area contributed by atoms with Crippen LogP contribution < -0.4 is 11.1 Å². The fraction of sp³-hybridized carbons (Fsp3) is 0.0769. The van der Waals surface area contributed by atoms with Crippen LogP contribution in [0.5, 0.6) is 0 Å². The number of pyridine rings is 1. The standard InChI is InChI=1S/C13H12BrN3O/c14-12-2-1-10(15)7-11(12)13(18)17-8-9-3-5-16-6-4-9/h1-7H,8,15H2,(H,17,18). The molecule has 18 heavy (non-hydrogen) atoms. The second-order valence-corrected chi connectivity index (χ2v) is 4.63. The lowest BCUT2D eigenvalue weighted by Crippen LogP contribution is -2.23. The van der Waals surface area contributed by atoms with Gasteiger partial charge in [0.1, 0.15) is 0 Å². The largest absolute Gasteiger partial charge is 0.399 e. The number of nitrogens with two attached hydrogens (primary N) is 1. The number of nitrogens with one attached hydrogen (secondary N) is 1. The smallest absolute Gasteiger partial charge is 0.252 e. The van der Waals surface area contributed by atoms with Crippen molar-refractivity contribution in [3.63, 3.8) is 0 Å². The Morgan fingerprint density at radius 2 is 2.00 bits per heavy atom. The molecule has 0 saturated carbocycles. The number of halogens is 1. The van der Waals surface area contributed by atoms with E-state index < -0.39 is 0 Å². The monoisotopic (exact) mass is 305 g/mol. The molecule has 0 fully saturated rings. The van der Waals surface area contributed by atoms with Crippen LogP contribution in [0.15, 0.2) is 47.2 Å². The van der Waals surface area contributed by atoms with E-state index in [0.29, 0.717) is 17.8 Å². The molecule has 0 unspecified atom stereocenters. The molecule has 0 bridgehead atoms. The minimum Gasteiger partial charge on any atom is -0.399 e. The first-order valence-corrected chi connectivity index (χ1v) is 6.18. The number of carbonyl (C=O) groups is 1. The Morgan fingerprint density at radius 1 is 1.28 bits per heavy atom. The summed E-state index contributed by atoms with van der Waals surface area (Å²) < 4.78 is 0.726. The number of rotatable bonds is 3. The second-order valence-electron chi connectivity index (χ2n) is 3.78. The molecular weight excluding hydrogens is 294 g/mol. The molecule has 92 valence electrons. The maximum Gasteiger partial charge on any atom is 0.252 e. The fourth-order valence-corrected chi connectivity index (χ4v) is 1.92. The van der Waals surface area contributed by atoms with Gasteiger partial charge in [-0.25, -0.2) is 0 Å².